The molecule has 3 rings (SSSR count). The van der Waals surface area contributed by atoms with Crippen LogP contribution in [0.4, 0.5) is 4.39 Å². The van der Waals surface area contributed by atoms with E-state index in [1.165, 1.54) is 12.1 Å². The number of hydrogen-bond donors (Lipinski definition) is 2. The van der Waals surface area contributed by atoms with Gasteiger partial charge in [-0.1, -0.05) is 31.0 Å². The molecule has 0 unspecified atom stereocenters. The first-order valence-electron chi connectivity index (χ1n) is 9.81. The molecule has 0 spiro atoms. The van der Waals surface area contributed by atoms with Gasteiger partial charge in [-0.25, -0.2) is 9.37 Å². The van der Waals surface area contributed by atoms with E-state index in [1.54, 1.807) is 24.3 Å². The van der Waals surface area contributed by atoms with Crippen molar-refractivity contribution in [2.45, 2.75) is 38.0 Å². The Morgan fingerprint density at radius 3 is 2.55 bits per heavy atom. The molecule has 3 N–H and O–H groups in total. The monoisotopic (exact) mass is 450 g/mol. The maximum atomic E-state index is 12.4. The molecule has 168 valence electrons. The largest absolute Gasteiger partial charge is 0.489 e. The predicted molar refractivity (Wildman–Crippen MR) is 117 cm³/mol. The summed E-state index contributed by atoms with van der Waals surface area (Å²) in [5, 5.41) is 0. The second-order valence-electron chi connectivity index (χ2n) is 6.89. The Labute approximate surface area is 181 Å². The minimum absolute atomic E-state index is 0.0666. The summed E-state index contributed by atoms with van der Waals surface area (Å²) in [4.78, 5) is 4.35. The van der Waals surface area contributed by atoms with Gasteiger partial charge in [0, 0.05) is 24.6 Å². The summed E-state index contributed by atoms with van der Waals surface area (Å²) in [5.41, 5.74) is 8.24. The highest BCUT2D eigenvalue weighted by molar-refractivity contribution is 7.85. The first-order valence-corrected chi connectivity index (χ1v) is 11.3. The summed E-state index contributed by atoms with van der Waals surface area (Å²) in [5.74, 6) is 1.37. The van der Waals surface area contributed by atoms with E-state index < -0.39 is 10.1 Å². The van der Waals surface area contributed by atoms with Gasteiger partial charge in [0.1, 0.15) is 17.9 Å². The Bertz CT molecular complexity index is 1110. The molecule has 0 radical (unpaired) electrons. The van der Waals surface area contributed by atoms with Crippen molar-refractivity contribution in [1.82, 2.24) is 4.98 Å². The van der Waals surface area contributed by atoms with Gasteiger partial charge in [0.05, 0.1) is 11.2 Å². The number of ether oxygens (including phenoxy) is 1. The molecule has 7 nitrogen and oxygen atoms in total. The van der Waals surface area contributed by atoms with Crippen molar-refractivity contribution in [2.24, 2.45) is 5.73 Å². The molecular weight excluding hydrogens is 423 g/mol. The standard InChI is InChI=1S/C15H19FN2O2.C7H8O3S/c1-2-3-4-15-18-13-7-12(5-6-14(13)20-15)19-10-11(8-16)9-17;1-6-2-4-7(5-3-6)11(8,9)10/h5-8H,2-4,9-10,17H2,1H3;2-5H,1H3,(H,8,9,10)/b11-8+;. The second-order valence-corrected chi connectivity index (χ2v) is 8.31. The molecule has 3 aromatic rings. The van der Waals surface area contributed by atoms with Crippen LogP contribution in [0.2, 0.25) is 0 Å². The van der Waals surface area contributed by atoms with E-state index in [2.05, 4.69) is 11.9 Å². The molecule has 0 bridgehead atoms. The third-order valence-electron chi connectivity index (χ3n) is 4.31. The normalized spacial score (nSPS) is 11.8. The highest BCUT2D eigenvalue weighted by Crippen LogP contribution is 2.22. The highest BCUT2D eigenvalue weighted by atomic mass is 32.2. The van der Waals surface area contributed by atoms with Crippen molar-refractivity contribution in [2.75, 3.05) is 13.2 Å². The summed E-state index contributed by atoms with van der Waals surface area (Å²) in [6.45, 7) is 4.25. The fourth-order valence-corrected chi connectivity index (χ4v) is 2.98. The zero-order valence-corrected chi connectivity index (χ0v) is 18.4. The minimum Gasteiger partial charge on any atom is -0.489 e. The smallest absolute Gasteiger partial charge is 0.294 e. The number of hydrogen-bond acceptors (Lipinski definition) is 6. The first kappa shape index (κ1) is 24.5. The Hall–Kier alpha value is -2.75. The van der Waals surface area contributed by atoms with Crippen molar-refractivity contribution < 1.29 is 26.5 Å². The van der Waals surface area contributed by atoms with Gasteiger partial charge in [-0.05, 0) is 37.6 Å². The van der Waals surface area contributed by atoms with E-state index in [9.17, 15) is 12.8 Å². The first-order chi connectivity index (χ1) is 14.8. The molecule has 0 atom stereocenters. The topological polar surface area (TPSA) is 116 Å². The van der Waals surface area contributed by atoms with E-state index in [4.69, 9.17) is 19.4 Å². The Morgan fingerprint density at radius 2 is 1.97 bits per heavy atom. The van der Waals surface area contributed by atoms with E-state index in [0.29, 0.717) is 17.7 Å². The number of rotatable bonds is 8. The van der Waals surface area contributed by atoms with Gasteiger partial charge in [-0.2, -0.15) is 8.42 Å². The molecular formula is C22H27FN2O5S. The lowest BCUT2D eigenvalue weighted by Crippen LogP contribution is -2.10. The average Bonchev–Trinajstić information content (AvgIpc) is 3.15. The number of nitrogens with zero attached hydrogens (tertiary/aromatic N) is 1. The van der Waals surface area contributed by atoms with Crippen molar-refractivity contribution in [3.8, 4) is 5.75 Å². The van der Waals surface area contributed by atoms with Crippen LogP contribution in [0, 0.1) is 6.92 Å². The summed E-state index contributed by atoms with van der Waals surface area (Å²) < 4.78 is 53.1. The zero-order valence-electron chi connectivity index (χ0n) is 17.5. The molecule has 2 aromatic carbocycles. The maximum absolute atomic E-state index is 12.4. The molecule has 31 heavy (non-hydrogen) atoms. The number of unbranched alkanes of at least 4 members (excludes halogenated alkanes) is 1. The average molecular weight is 451 g/mol. The van der Waals surface area contributed by atoms with E-state index in [1.807, 2.05) is 13.0 Å². The predicted octanol–water partition coefficient (Wildman–Crippen LogP) is 4.60. The molecule has 1 heterocycles. The van der Waals surface area contributed by atoms with E-state index in [-0.39, 0.29) is 18.0 Å². The van der Waals surface area contributed by atoms with Crippen molar-refractivity contribution >= 4 is 21.2 Å². The van der Waals surface area contributed by atoms with Crippen molar-refractivity contribution in [3.63, 3.8) is 0 Å². The van der Waals surface area contributed by atoms with Crippen LogP contribution in [0.5, 0.6) is 5.75 Å². The lowest BCUT2D eigenvalue weighted by atomic mass is 10.2. The number of oxazole rings is 1. The number of aryl methyl sites for hydroxylation is 2. The number of aromatic nitrogens is 1. The summed E-state index contributed by atoms with van der Waals surface area (Å²) in [7, 11) is -4.02. The molecule has 1 aromatic heterocycles. The number of nitrogens with two attached hydrogens (primary N) is 1. The number of benzene rings is 2. The van der Waals surface area contributed by atoms with Crippen LogP contribution >= 0.6 is 0 Å². The Balaban J connectivity index is 0.000000262. The molecule has 0 fully saturated rings. The molecule has 9 heteroatoms. The van der Waals surface area contributed by atoms with Gasteiger partial charge in [0.2, 0.25) is 0 Å². The third kappa shape index (κ3) is 7.78. The van der Waals surface area contributed by atoms with Gasteiger partial charge in [0.25, 0.3) is 10.1 Å². The minimum atomic E-state index is -4.02. The lowest BCUT2D eigenvalue weighted by molar-refractivity contribution is 0.348. The summed E-state index contributed by atoms with van der Waals surface area (Å²) in [6.07, 6.45) is 3.47. The fourth-order valence-electron chi connectivity index (χ4n) is 2.50. The van der Waals surface area contributed by atoms with Crippen LogP contribution in [0.3, 0.4) is 0 Å². The van der Waals surface area contributed by atoms with Crippen molar-refractivity contribution in [1.29, 1.82) is 0 Å². The van der Waals surface area contributed by atoms with Gasteiger partial charge in [-0.3, -0.25) is 4.55 Å². The summed E-state index contributed by atoms with van der Waals surface area (Å²) in [6, 6.07) is 11.4. The number of halogens is 1. The van der Waals surface area contributed by atoms with Crippen LogP contribution in [0.1, 0.15) is 31.2 Å². The van der Waals surface area contributed by atoms with Crippen LogP contribution in [0.25, 0.3) is 11.1 Å². The number of fused-ring (bicyclic) bond motifs is 1. The molecule has 0 saturated carbocycles. The molecule has 0 aliphatic carbocycles. The van der Waals surface area contributed by atoms with Gasteiger partial charge in [0.15, 0.2) is 11.5 Å². The van der Waals surface area contributed by atoms with Crippen LogP contribution in [0.15, 0.2) is 63.7 Å². The molecule has 0 amide bonds. The zero-order chi connectivity index (χ0) is 22.9. The van der Waals surface area contributed by atoms with E-state index >= 15 is 0 Å². The maximum Gasteiger partial charge on any atom is 0.294 e. The van der Waals surface area contributed by atoms with E-state index in [0.717, 1.165) is 41.8 Å². The summed E-state index contributed by atoms with van der Waals surface area (Å²) >= 11 is 0. The van der Waals surface area contributed by atoms with Crippen LogP contribution in [-0.2, 0) is 16.5 Å². The van der Waals surface area contributed by atoms with Gasteiger partial charge >= 0.3 is 0 Å². The Morgan fingerprint density at radius 1 is 1.26 bits per heavy atom. The van der Waals surface area contributed by atoms with Gasteiger partial charge in [-0.15, -0.1) is 0 Å². The molecule has 0 aliphatic heterocycles. The lowest BCUT2D eigenvalue weighted by Gasteiger charge is -2.06. The quantitative estimate of drug-likeness (QED) is 0.482. The highest BCUT2D eigenvalue weighted by Gasteiger charge is 2.08. The second kappa shape index (κ2) is 11.6. The third-order valence-corrected chi connectivity index (χ3v) is 5.17. The van der Waals surface area contributed by atoms with Crippen molar-refractivity contribution in [3.05, 3.63) is 65.8 Å². The van der Waals surface area contributed by atoms with Crippen LogP contribution < -0.4 is 10.5 Å². The molecule has 0 saturated heterocycles. The molecule has 0 aliphatic rings. The van der Waals surface area contributed by atoms with Gasteiger partial charge < -0.3 is 14.9 Å². The van der Waals surface area contributed by atoms with Crippen LogP contribution in [-0.4, -0.2) is 31.1 Å². The SMILES string of the molecule is CCCCc1nc2cc(OC/C(=C/F)CN)ccc2o1.Cc1ccc(S(=O)(=O)O)cc1. The Kier molecular flexibility index (Phi) is 9.17. The fraction of sp³-hybridized carbons (Fsp3) is 0.318.